The number of nitrogens with zero attached hydrogens (tertiary/aromatic N) is 4. The Morgan fingerprint density at radius 2 is 2.27 bits per heavy atom. The Morgan fingerprint density at radius 3 is 2.67 bits per heavy atom. The molecule has 15 heavy (non-hydrogen) atoms. The van der Waals surface area contributed by atoms with Crippen LogP contribution in [0, 0.1) is 6.92 Å². The molecule has 1 amide bonds. The van der Waals surface area contributed by atoms with Gasteiger partial charge in [-0.15, -0.1) is 5.10 Å². The van der Waals surface area contributed by atoms with Gasteiger partial charge in [0, 0.05) is 27.2 Å². The number of carbonyl (C=O) groups is 1. The molecule has 0 aromatic carbocycles. The molecule has 1 aromatic heterocycles. The lowest BCUT2D eigenvalue weighted by atomic mass is 10.1. The van der Waals surface area contributed by atoms with E-state index in [1.807, 2.05) is 14.0 Å². The molecule has 82 valence electrons. The third-order valence-corrected chi connectivity index (χ3v) is 2.94. The largest absolute Gasteiger partial charge is 0.335 e. The molecule has 0 saturated carbocycles. The predicted octanol–water partition coefficient (Wildman–Crippen LogP) is -0.833. The Morgan fingerprint density at radius 1 is 1.60 bits per heavy atom. The first-order valence-electron chi connectivity index (χ1n) is 4.95. The first-order valence-corrected chi connectivity index (χ1v) is 4.95. The molecule has 6 heteroatoms. The van der Waals surface area contributed by atoms with Crippen molar-refractivity contribution in [2.24, 2.45) is 7.05 Å². The molecule has 1 N–H and O–H groups in total. The smallest absolute Gasteiger partial charge is 0.276 e. The number of nitrogens with one attached hydrogen (secondary N) is 1. The summed E-state index contributed by atoms with van der Waals surface area (Å²) in [5.74, 6) is -0.0490. The van der Waals surface area contributed by atoms with Crippen LogP contribution in [0.3, 0.4) is 0 Å². The minimum atomic E-state index is -0.0490. The van der Waals surface area contributed by atoms with E-state index >= 15 is 0 Å². The van der Waals surface area contributed by atoms with Crippen molar-refractivity contribution in [1.29, 1.82) is 0 Å². The molecule has 0 radical (unpaired) electrons. The molecule has 0 atom stereocenters. The Balaban J connectivity index is 2.16. The normalized spacial score (nSPS) is 16.2. The fourth-order valence-corrected chi connectivity index (χ4v) is 1.48. The van der Waals surface area contributed by atoms with Crippen LogP contribution in [0.25, 0.3) is 0 Å². The number of amides is 1. The van der Waals surface area contributed by atoms with Gasteiger partial charge in [0.2, 0.25) is 0 Å². The van der Waals surface area contributed by atoms with Crippen molar-refractivity contribution < 1.29 is 4.79 Å². The van der Waals surface area contributed by atoms with E-state index < -0.39 is 0 Å². The van der Waals surface area contributed by atoms with Gasteiger partial charge in [0.05, 0.1) is 11.7 Å². The van der Waals surface area contributed by atoms with Gasteiger partial charge < -0.3 is 10.2 Å². The van der Waals surface area contributed by atoms with Gasteiger partial charge in [0.25, 0.3) is 5.91 Å². The molecule has 1 aromatic rings. The Kier molecular flexibility index (Phi) is 2.44. The average molecular weight is 209 g/mol. The Hall–Kier alpha value is -1.43. The van der Waals surface area contributed by atoms with E-state index in [2.05, 4.69) is 15.6 Å². The molecule has 0 unspecified atom stereocenters. The van der Waals surface area contributed by atoms with Gasteiger partial charge in [-0.25, -0.2) is 0 Å². The minimum Gasteiger partial charge on any atom is -0.335 e. The van der Waals surface area contributed by atoms with E-state index in [1.54, 1.807) is 16.6 Å². The van der Waals surface area contributed by atoms with Gasteiger partial charge in [-0.3, -0.25) is 9.48 Å². The number of aromatic nitrogens is 3. The quantitative estimate of drug-likeness (QED) is 0.690. The highest BCUT2D eigenvalue weighted by atomic mass is 16.2. The van der Waals surface area contributed by atoms with Crippen molar-refractivity contribution in [2.45, 2.75) is 13.0 Å². The number of aryl methyl sites for hydroxylation is 1. The van der Waals surface area contributed by atoms with E-state index in [0.29, 0.717) is 11.7 Å². The van der Waals surface area contributed by atoms with Crippen LogP contribution in [-0.2, 0) is 7.05 Å². The molecule has 1 fully saturated rings. The van der Waals surface area contributed by atoms with Gasteiger partial charge in [0.1, 0.15) is 0 Å². The van der Waals surface area contributed by atoms with Crippen molar-refractivity contribution in [1.82, 2.24) is 25.2 Å². The molecule has 6 nitrogen and oxygen atoms in total. The van der Waals surface area contributed by atoms with E-state index in [0.717, 1.165) is 18.8 Å². The minimum absolute atomic E-state index is 0.0490. The summed E-state index contributed by atoms with van der Waals surface area (Å²) in [6.07, 6.45) is 0. The summed E-state index contributed by atoms with van der Waals surface area (Å²) in [6.45, 7) is 3.57. The zero-order chi connectivity index (χ0) is 11.0. The number of hydrogen-bond donors (Lipinski definition) is 1. The van der Waals surface area contributed by atoms with Gasteiger partial charge in [-0.2, -0.15) is 0 Å². The maximum atomic E-state index is 12.0. The molecule has 0 spiro atoms. The van der Waals surface area contributed by atoms with Crippen molar-refractivity contribution in [3.63, 3.8) is 0 Å². The van der Waals surface area contributed by atoms with Crippen LogP contribution < -0.4 is 5.32 Å². The fraction of sp³-hybridized carbons (Fsp3) is 0.667. The monoisotopic (exact) mass is 209 g/mol. The maximum absolute atomic E-state index is 12.0. The Bertz CT molecular complexity index is 382. The van der Waals surface area contributed by atoms with Crippen LogP contribution in [0.2, 0.25) is 0 Å². The molecule has 2 rings (SSSR count). The summed E-state index contributed by atoms with van der Waals surface area (Å²) in [6, 6.07) is 0.291. The number of likely N-dealkylation sites (N-methyl/N-ethyl adjacent to an activating group) is 1. The topological polar surface area (TPSA) is 63.1 Å². The molecule has 2 heterocycles. The highest BCUT2D eigenvalue weighted by Gasteiger charge is 2.28. The van der Waals surface area contributed by atoms with Crippen LogP contribution in [-0.4, -0.2) is 52.0 Å². The van der Waals surface area contributed by atoms with E-state index in [4.69, 9.17) is 0 Å². The number of rotatable bonds is 2. The third-order valence-electron chi connectivity index (χ3n) is 2.94. The van der Waals surface area contributed by atoms with E-state index in [1.165, 1.54) is 0 Å². The van der Waals surface area contributed by atoms with Crippen molar-refractivity contribution in [3.05, 3.63) is 11.4 Å². The predicted molar refractivity (Wildman–Crippen MR) is 54.5 cm³/mol. The number of carbonyl (C=O) groups excluding carboxylic acids is 1. The highest BCUT2D eigenvalue weighted by Crippen LogP contribution is 2.10. The second-order valence-corrected chi connectivity index (χ2v) is 3.88. The molecular formula is C9H15N5O. The van der Waals surface area contributed by atoms with Gasteiger partial charge in [-0.05, 0) is 6.92 Å². The summed E-state index contributed by atoms with van der Waals surface area (Å²) < 4.78 is 1.61. The Labute approximate surface area is 88.2 Å². The van der Waals surface area contributed by atoms with Gasteiger partial charge >= 0.3 is 0 Å². The fourth-order valence-electron chi connectivity index (χ4n) is 1.48. The summed E-state index contributed by atoms with van der Waals surface area (Å²) in [4.78, 5) is 13.7. The lowest BCUT2D eigenvalue weighted by molar-refractivity contribution is 0.0674. The summed E-state index contributed by atoms with van der Waals surface area (Å²) in [5.41, 5.74) is 1.26. The second-order valence-electron chi connectivity index (χ2n) is 3.88. The zero-order valence-corrected chi connectivity index (χ0v) is 9.19. The van der Waals surface area contributed by atoms with E-state index in [9.17, 15) is 4.79 Å². The third kappa shape index (κ3) is 1.61. The average Bonchev–Trinajstić information content (AvgIpc) is 2.44. The molecule has 0 aliphatic carbocycles. The lowest BCUT2D eigenvalue weighted by Gasteiger charge is -2.35. The van der Waals surface area contributed by atoms with Crippen LogP contribution in [0.1, 0.15) is 16.2 Å². The van der Waals surface area contributed by atoms with Crippen LogP contribution in [0.15, 0.2) is 0 Å². The van der Waals surface area contributed by atoms with Crippen molar-refractivity contribution >= 4 is 5.91 Å². The summed E-state index contributed by atoms with van der Waals surface area (Å²) in [7, 11) is 3.59. The SMILES string of the molecule is Cc1c(C(=O)N(C)C2CNC2)nnn1C. The van der Waals surface area contributed by atoms with Crippen molar-refractivity contribution in [2.75, 3.05) is 20.1 Å². The summed E-state index contributed by atoms with van der Waals surface area (Å²) >= 11 is 0. The van der Waals surface area contributed by atoms with Crippen LogP contribution in [0.5, 0.6) is 0 Å². The molecular weight excluding hydrogens is 194 g/mol. The van der Waals surface area contributed by atoms with Gasteiger partial charge in [0.15, 0.2) is 5.69 Å². The van der Waals surface area contributed by atoms with Gasteiger partial charge in [-0.1, -0.05) is 5.21 Å². The molecule has 1 aliphatic rings. The van der Waals surface area contributed by atoms with Crippen LogP contribution >= 0.6 is 0 Å². The lowest BCUT2D eigenvalue weighted by Crippen LogP contribution is -2.57. The molecule has 1 aliphatic heterocycles. The standard InChI is InChI=1S/C9H15N5O/c1-6-8(11-12-14(6)3)9(15)13(2)7-4-10-5-7/h7,10H,4-5H2,1-3H3. The van der Waals surface area contributed by atoms with Crippen molar-refractivity contribution in [3.8, 4) is 0 Å². The first-order chi connectivity index (χ1) is 7.11. The van der Waals surface area contributed by atoms with Crippen LogP contribution in [0.4, 0.5) is 0 Å². The zero-order valence-electron chi connectivity index (χ0n) is 9.19. The maximum Gasteiger partial charge on any atom is 0.276 e. The second kappa shape index (κ2) is 3.62. The molecule has 1 saturated heterocycles. The van der Waals surface area contributed by atoms with E-state index in [-0.39, 0.29) is 5.91 Å². The molecule has 0 bridgehead atoms. The highest BCUT2D eigenvalue weighted by molar-refractivity contribution is 5.93. The number of hydrogen-bond acceptors (Lipinski definition) is 4. The first kappa shape index (κ1) is 10.1. The summed E-state index contributed by atoms with van der Waals surface area (Å²) in [5, 5.41) is 10.8.